The summed E-state index contributed by atoms with van der Waals surface area (Å²) in [5.74, 6) is 0.625. The Morgan fingerprint density at radius 3 is 2.93 bits per heavy atom. The van der Waals surface area contributed by atoms with Crippen molar-refractivity contribution in [2.75, 3.05) is 32.1 Å². The molecule has 1 aliphatic heterocycles. The van der Waals surface area contributed by atoms with E-state index in [1.165, 1.54) is 0 Å². The van der Waals surface area contributed by atoms with Crippen LogP contribution in [0.15, 0.2) is 30.5 Å². The lowest BCUT2D eigenvalue weighted by Gasteiger charge is -2.36. The van der Waals surface area contributed by atoms with Crippen molar-refractivity contribution in [1.82, 2.24) is 20.6 Å². The van der Waals surface area contributed by atoms with E-state index < -0.39 is 0 Å². The summed E-state index contributed by atoms with van der Waals surface area (Å²) in [6.07, 6.45) is 6.27. The Morgan fingerprint density at radius 1 is 1.30 bits per heavy atom. The van der Waals surface area contributed by atoms with E-state index in [4.69, 9.17) is 21.3 Å². The lowest BCUT2D eigenvalue weighted by atomic mass is 9.90. The summed E-state index contributed by atoms with van der Waals surface area (Å²) in [6.45, 7) is 2.09. The lowest BCUT2D eigenvalue weighted by Crippen LogP contribution is -2.46. The van der Waals surface area contributed by atoms with E-state index in [0.29, 0.717) is 25.1 Å². The number of carbonyl (C=O) groups is 1. The number of hydrogen-bond acceptors (Lipinski definition) is 6. The second kappa shape index (κ2) is 9.29. The van der Waals surface area contributed by atoms with Crippen molar-refractivity contribution in [2.24, 2.45) is 0 Å². The molecule has 0 bridgehead atoms. The minimum absolute atomic E-state index is 0.00258. The first-order valence-electron chi connectivity index (χ1n) is 10.5. The normalized spacial score (nSPS) is 23.5. The van der Waals surface area contributed by atoms with Gasteiger partial charge in [0.15, 0.2) is 0 Å². The topological polar surface area (TPSA) is 88.2 Å². The summed E-state index contributed by atoms with van der Waals surface area (Å²) in [5, 5.41) is 9.74. The summed E-state index contributed by atoms with van der Waals surface area (Å²) in [7, 11) is 1.69. The fraction of sp³-hybridized carbons (Fsp3) is 0.500. The second-order valence-corrected chi connectivity index (χ2v) is 8.67. The first kappa shape index (κ1) is 21.0. The number of fused-ring (bicyclic) bond motifs is 1. The molecule has 0 saturated heterocycles. The van der Waals surface area contributed by atoms with Crippen molar-refractivity contribution < 1.29 is 9.53 Å². The molecule has 7 nitrogen and oxygen atoms in total. The van der Waals surface area contributed by atoms with Gasteiger partial charge >= 0.3 is 0 Å². The van der Waals surface area contributed by atoms with Gasteiger partial charge in [0.05, 0.1) is 17.3 Å². The van der Waals surface area contributed by atoms with Crippen LogP contribution in [0.5, 0.6) is 0 Å². The highest BCUT2D eigenvalue weighted by Gasteiger charge is 2.33. The fourth-order valence-electron chi connectivity index (χ4n) is 4.13. The van der Waals surface area contributed by atoms with Gasteiger partial charge in [-0.25, -0.2) is 9.97 Å². The zero-order valence-electron chi connectivity index (χ0n) is 17.2. The molecule has 1 saturated carbocycles. The molecule has 30 heavy (non-hydrogen) atoms. The van der Waals surface area contributed by atoms with Crippen LogP contribution in [-0.4, -0.2) is 53.7 Å². The molecule has 1 fully saturated rings. The van der Waals surface area contributed by atoms with Gasteiger partial charge in [-0.05, 0) is 55.9 Å². The number of ether oxygens (including phenoxy) is 1. The zero-order valence-corrected chi connectivity index (χ0v) is 18.0. The molecule has 1 aromatic carbocycles. The number of aromatic nitrogens is 2. The van der Waals surface area contributed by atoms with E-state index in [1.54, 1.807) is 13.3 Å². The SMILES string of the molecule is COCCNC1(Cl)CCC(Nc2nccc(-c3ccc4c(c3)CCNC4=O)n2)CC1. The van der Waals surface area contributed by atoms with Gasteiger partial charge in [-0.15, -0.1) is 11.6 Å². The van der Waals surface area contributed by atoms with Crippen LogP contribution in [-0.2, 0) is 11.2 Å². The van der Waals surface area contributed by atoms with E-state index >= 15 is 0 Å². The summed E-state index contributed by atoms with van der Waals surface area (Å²) >= 11 is 6.70. The number of anilines is 1. The first-order chi connectivity index (χ1) is 14.6. The smallest absolute Gasteiger partial charge is 0.251 e. The van der Waals surface area contributed by atoms with Gasteiger partial charge in [-0.2, -0.15) is 0 Å². The first-order valence-corrected chi connectivity index (χ1v) is 10.9. The van der Waals surface area contributed by atoms with E-state index in [2.05, 4.69) is 27.0 Å². The van der Waals surface area contributed by atoms with Crippen molar-refractivity contribution in [2.45, 2.75) is 43.1 Å². The monoisotopic (exact) mass is 429 g/mol. The van der Waals surface area contributed by atoms with Crippen molar-refractivity contribution in [3.8, 4) is 11.3 Å². The van der Waals surface area contributed by atoms with Crippen LogP contribution in [0, 0.1) is 0 Å². The van der Waals surface area contributed by atoms with Gasteiger partial charge in [0, 0.05) is 43.6 Å². The lowest BCUT2D eigenvalue weighted by molar-refractivity contribution is 0.0946. The Morgan fingerprint density at radius 2 is 2.13 bits per heavy atom. The Hall–Kier alpha value is -2.22. The van der Waals surface area contributed by atoms with Crippen LogP contribution >= 0.6 is 11.6 Å². The molecule has 2 heterocycles. The number of rotatable bonds is 7. The third-order valence-electron chi connectivity index (χ3n) is 5.84. The quantitative estimate of drug-likeness (QED) is 0.356. The average molecular weight is 430 g/mol. The summed E-state index contributed by atoms with van der Waals surface area (Å²) in [4.78, 5) is 20.7. The van der Waals surface area contributed by atoms with Gasteiger partial charge in [0.25, 0.3) is 5.91 Å². The number of amides is 1. The highest BCUT2D eigenvalue weighted by molar-refractivity contribution is 6.23. The second-order valence-electron chi connectivity index (χ2n) is 7.95. The van der Waals surface area contributed by atoms with Crippen LogP contribution < -0.4 is 16.0 Å². The molecule has 0 radical (unpaired) electrons. The van der Waals surface area contributed by atoms with Crippen LogP contribution in [0.4, 0.5) is 5.95 Å². The Labute approximate surface area is 182 Å². The number of alkyl halides is 1. The highest BCUT2D eigenvalue weighted by atomic mass is 35.5. The number of nitrogens with zero attached hydrogens (tertiary/aromatic N) is 2. The number of nitrogens with one attached hydrogen (secondary N) is 3. The number of methoxy groups -OCH3 is 1. The summed E-state index contributed by atoms with van der Waals surface area (Å²) in [6, 6.07) is 8.09. The van der Waals surface area contributed by atoms with Crippen molar-refractivity contribution in [1.29, 1.82) is 0 Å². The maximum absolute atomic E-state index is 12.0. The van der Waals surface area contributed by atoms with Crippen molar-refractivity contribution in [3.63, 3.8) is 0 Å². The van der Waals surface area contributed by atoms with E-state index in [-0.39, 0.29) is 10.9 Å². The van der Waals surface area contributed by atoms with Gasteiger partial charge in [-0.3, -0.25) is 10.1 Å². The molecule has 1 amide bonds. The largest absolute Gasteiger partial charge is 0.383 e. The molecule has 3 N–H and O–H groups in total. The predicted octanol–water partition coefficient (Wildman–Crippen LogP) is 2.96. The van der Waals surface area contributed by atoms with Gasteiger partial charge < -0.3 is 15.4 Å². The molecule has 2 aliphatic rings. The molecule has 1 aromatic heterocycles. The fourth-order valence-corrected chi connectivity index (χ4v) is 4.45. The van der Waals surface area contributed by atoms with Gasteiger partial charge in [-0.1, -0.05) is 6.07 Å². The standard InChI is InChI=1S/C22H28ClN5O2/c1-30-13-12-26-22(23)8-4-17(5-9-22)27-21-25-11-7-19(28-21)16-2-3-18-15(14-16)6-10-24-20(18)29/h2-3,7,11,14,17,26H,4-6,8-10,12-13H2,1H3,(H,24,29)(H,25,27,28). The third kappa shape index (κ3) is 4.91. The highest BCUT2D eigenvalue weighted by Crippen LogP contribution is 2.33. The van der Waals surface area contributed by atoms with Crippen LogP contribution in [0.25, 0.3) is 11.3 Å². The molecule has 1 aliphatic carbocycles. The van der Waals surface area contributed by atoms with Gasteiger partial charge in [0.2, 0.25) is 5.95 Å². The Balaban J connectivity index is 1.39. The molecular formula is C22H28ClN5O2. The molecule has 8 heteroatoms. The molecule has 0 spiro atoms. The molecule has 2 aromatic rings. The minimum atomic E-state index is -0.352. The van der Waals surface area contributed by atoms with E-state index in [1.807, 2.05) is 18.2 Å². The summed E-state index contributed by atoms with van der Waals surface area (Å²) in [5.41, 5.74) is 3.67. The average Bonchev–Trinajstić information content (AvgIpc) is 2.76. The molecule has 160 valence electrons. The van der Waals surface area contributed by atoms with Gasteiger partial charge in [0.1, 0.15) is 0 Å². The van der Waals surface area contributed by atoms with Crippen molar-refractivity contribution in [3.05, 3.63) is 41.6 Å². The predicted molar refractivity (Wildman–Crippen MR) is 118 cm³/mol. The van der Waals surface area contributed by atoms with Crippen LogP contribution in [0.2, 0.25) is 0 Å². The molecule has 0 unspecified atom stereocenters. The van der Waals surface area contributed by atoms with Crippen LogP contribution in [0.1, 0.15) is 41.6 Å². The van der Waals surface area contributed by atoms with Crippen molar-refractivity contribution >= 4 is 23.5 Å². The van der Waals surface area contributed by atoms with Crippen LogP contribution in [0.3, 0.4) is 0 Å². The number of halogens is 1. The number of hydrogen-bond donors (Lipinski definition) is 3. The van der Waals surface area contributed by atoms with E-state index in [0.717, 1.165) is 61.0 Å². The molecular weight excluding hydrogens is 402 g/mol. The maximum Gasteiger partial charge on any atom is 0.251 e. The molecule has 0 atom stereocenters. The maximum atomic E-state index is 12.0. The van der Waals surface area contributed by atoms with E-state index in [9.17, 15) is 4.79 Å². The summed E-state index contributed by atoms with van der Waals surface area (Å²) < 4.78 is 5.09. The molecule has 4 rings (SSSR count). The minimum Gasteiger partial charge on any atom is -0.383 e. The zero-order chi connectivity index (χ0) is 21.0. The number of carbonyl (C=O) groups excluding carboxylic acids is 1. The Kier molecular flexibility index (Phi) is 6.51. The number of benzene rings is 1. The Bertz CT molecular complexity index is 899. The third-order valence-corrected chi connectivity index (χ3v) is 6.35.